The zero-order valence-corrected chi connectivity index (χ0v) is 35.0. The first kappa shape index (κ1) is 36.4. The van der Waals surface area contributed by atoms with Crippen LogP contribution in [0.25, 0.3) is 0 Å². The Bertz CT molecular complexity index is 1220. The monoisotopic (exact) mass is 744 g/mol. The first-order valence-electron chi connectivity index (χ1n) is 25.3. The van der Waals surface area contributed by atoms with Crippen LogP contribution in [0.3, 0.4) is 0 Å². The predicted octanol–water partition coefficient (Wildman–Crippen LogP) is 13.3. The average molecular weight is 744 g/mol. The van der Waals surface area contributed by atoms with Crippen LogP contribution < -0.4 is 0 Å². The van der Waals surface area contributed by atoms with Crippen molar-refractivity contribution in [2.24, 2.45) is 71.0 Å². The van der Waals surface area contributed by atoms with E-state index in [9.17, 15) is 0 Å². The van der Waals surface area contributed by atoms with Gasteiger partial charge in [-0.05, 0) is 194 Å². The van der Waals surface area contributed by atoms with E-state index in [4.69, 9.17) is 4.74 Å². The lowest BCUT2D eigenvalue weighted by Gasteiger charge is -2.53. The molecule has 298 valence electrons. The molecule has 9 saturated carbocycles. The van der Waals surface area contributed by atoms with E-state index in [1.807, 2.05) is 0 Å². The molecule has 9 aliphatic carbocycles. The Morgan fingerprint density at radius 3 is 1.70 bits per heavy atom. The molecule has 14 atom stereocenters. The number of thioether (sulfide) groups is 1. The van der Waals surface area contributed by atoms with Crippen LogP contribution in [0, 0.1) is 71.0 Å². The van der Waals surface area contributed by atoms with Gasteiger partial charge in [-0.2, -0.15) is 11.8 Å². The van der Waals surface area contributed by atoms with Crippen molar-refractivity contribution in [2.75, 3.05) is 0 Å². The molecule has 3 heteroatoms. The SMILES string of the molecule is C1CCC(C2CCC(N(C3CCC(C4CCC5C(CCC6CCCCC65)C4)CC3)C3CCCC4C5CCC6SC7CCCCC7C6C5OC43)CC2)CC1. The van der Waals surface area contributed by atoms with Gasteiger partial charge in [0.05, 0.1) is 12.2 Å². The van der Waals surface area contributed by atoms with E-state index in [0.29, 0.717) is 12.2 Å². The van der Waals surface area contributed by atoms with E-state index in [0.717, 1.165) is 99.6 Å². The first-order valence-corrected chi connectivity index (χ1v) is 26.3. The molecule has 2 heterocycles. The highest BCUT2D eigenvalue weighted by atomic mass is 32.2. The van der Waals surface area contributed by atoms with Crippen molar-refractivity contribution < 1.29 is 4.74 Å². The van der Waals surface area contributed by atoms with E-state index in [2.05, 4.69) is 16.7 Å². The highest BCUT2D eigenvalue weighted by Crippen LogP contribution is 2.61. The van der Waals surface area contributed by atoms with E-state index in [1.54, 1.807) is 96.3 Å². The maximum Gasteiger partial charge on any atom is 0.0766 e. The molecular weight excluding hydrogens is 663 g/mol. The van der Waals surface area contributed by atoms with Gasteiger partial charge < -0.3 is 4.74 Å². The fourth-order valence-electron chi connectivity index (χ4n) is 18.2. The number of fused-ring (bicyclic) bond motifs is 10. The highest BCUT2D eigenvalue weighted by molar-refractivity contribution is 8.00. The number of hydrogen-bond donors (Lipinski definition) is 0. The van der Waals surface area contributed by atoms with Crippen LogP contribution in [0.1, 0.15) is 199 Å². The Kier molecular flexibility index (Phi) is 10.8. The van der Waals surface area contributed by atoms with Crippen LogP contribution in [0.2, 0.25) is 0 Å². The number of ether oxygens (including phenoxy) is 1. The molecule has 2 nitrogen and oxygen atoms in total. The van der Waals surface area contributed by atoms with Crippen molar-refractivity contribution in [2.45, 2.75) is 240 Å². The normalized spacial score (nSPS) is 53.2. The Hall–Kier alpha value is 0.270. The topological polar surface area (TPSA) is 12.5 Å². The highest BCUT2D eigenvalue weighted by Gasteiger charge is 2.60. The fraction of sp³-hybridized carbons (Fsp3) is 1.00. The number of rotatable bonds is 5. The van der Waals surface area contributed by atoms with E-state index >= 15 is 0 Å². The van der Waals surface area contributed by atoms with E-state index in [-0.39, 0.29) is 0 Å². The molecule has 53 heavy (non-hydrogen) atoms. The van der Waals surface area contributed by atoms with Crippen LogP contribution in [0.5, 0.6) is 0 Å². The second-order valence-electron chi connectivity index (χ2n) is 22.5. The van der Waals surface area contributed by atoms with Gasteiger partial charge in [-0.1, -0.05) is 70.6 Å². The Morgan fingerprint density at radius 1 is 0.340 bits per heavy atom. The lowest BCUT2D eigenvalue weighted by molar-refractivity contribution is -0.0992. The van der Waals surface area contributed by atoms with E-state index in [1.165, 1.54) is 103 Å². The lowest BCUT2D eigenvalue weighted by Crippen LogP contribution is -2.58. The Morgan fingerprint density at radius 2 is 0.887 bits per heavy atom. The van der Waals surface area contributed by atoms with Gasteiger partial charge in [0, 0.05) is 34.5 Å². The van der Waals surface area contributed by atoms with Crippen molar-refractivity contribution in [3.8, 4) is 0 Å². The van der Waals surface area contributed by atoms with Crippen LogP contribution in [-0.4, -0.2) is 45.7 Å². The molecule has 11 aliphatic rings. The van der Waals surface area contributed by atoms with Crippen LogP contribution in [0.4, 0.5) is 0 Å². The zero-order valence-electron chi connectivity index (χ0n) is 34.2. The molecule has 0 bridgehead atoms. The van der Waals surface area contributed by atoms with Crippen LogP contribution in [-0.2, 0) is 4.74 Å². The number of nitrogens with zero attached hydrogens (tertiary/aromatic N) is 1. The molecule has 14 unspecified atom stereocenters. The summed E-state index contributed by atoms with van der Waals surface area (Å²) in [6, 6.07) is 2.43. The molecule has 0 aromatic rings. The smallest absolute Gasteiger partial charge is 0.0766 e. The third-order valence-corrected chi connectivity index (χ3v) is 22.3. The molecule has 11 fully saturated rings. The van der Waals surface area contributed by atoms with E-state index < -0.39 is 0 Å². The van der Waals surface area contributed by atoms with Gasteiger partial charge in [-0.25, -0.2) is 0 Å². The minimum absolute atomic E-state index is 0.559. The molecule has 0 spiro atoms. The molecular formula is C50H81NOS. The minimum atomic E-state index is 0.559. The van der Waals surface area contributed by atoms with Crippen molar-refractivity contribution in [3.05, 3.63) is 0 Å². The number of hydrogen-bond acceptors (Lipinski definition) is 3. The second-order valence-corrected chi connectivity index (χ2v) is 24.0. The molecule has 0 radical (unpaired) electrons. The standard InChI is InChI=1S/C50H81NOS/c1-2-9-32(10-3-1)33-19-24-38(25-20-33)51(39-26-21-34(22-27-39)36-23-28-41-37(31-36)18-17-35-11-4-5-12-40(35)41)45-15-8-14-42-43-29-30-47-48(50(43)52-49(42)45)44-13-6-7-16-46(44)53-47/h32-50H,1-31H2. The van der Waals surface area contributed by atoms with Crippen molar-refractivity contribution in [3.63, 3.8) is 0 Å². The quantitative estimate of drug-likeness (QED) is 0.278. The van der Waals surface area contributed by atoms with Crippen molar-refractivity contribution >= 4 is 11.8 Å². The third-order valence-electron chi connectivity index (χ3n) is 20.5. The summed E-state index contributed by atoms with van der Waals surface area (Å²) in [5.41, 5.74) is 0. The summed E-state index contributed by atoms with van der Waals surface area (Å²) in [6.45, 7) is 0. The van der Waals surface area contributed by atoms with Gasteiger partial charge in [0.15, 0.2) is 0 Å². The molecule has 0 aromatic heterocycles. The van der Waals surface area contributed by atoms with Crippen molar-refractivity contribution in [1.82, 2.24) is 4.90 Å². The third kappa shape index (κ3) is 6.81. The van der Waals surface area contributed by atoms with Gasteiger partial charge in [-0.3, -0.25) is 4.90 Å². The zero-order chi connectivity index (χ0) is 34.9. The second kappa shape index (κ2) is 15.8. The maximum atomic E-state index is 7.77. The summed E-state index contributed by atoms with van der Waals surface area (Å²) >= 11 is 2.46. The molecule has 11 rings (SSSR count). The minimum Gasteiger partial charge on any atom is -0.372 e. The summed E-state index contributed by atoms with van der Waals surface area (Å²) in [6.07, 6.45) is 48.9. The Labute approximate surface area is 331 Å². The molecule has 0 N–H and O–H groups in total. The fourth-order valence-corrected chi connectivity index (χ4v) is 20.3. The van der Waals surface area contributed by atoms with Crippen LogP contribution in [0.15, 0.2) is 0 Å². The van der Waals surface area contributed by atoms with Crippen LogP contribution >= 0.6 is 11.8 Å². The Balaban J connectivity index is 0.798. The summed E-state index contributed by atoms with van der Waals surface area (Å²) in [7, 11) is 0. The molecule has 0 amide bonds. The largest absolute Gasteiger partial charge is 0.372 e. The van der Waals surface area contributed by atoms with Gasteiger partial charge >= 0.3 is 0 Å². The summed E-state index contributed by atoms with van der Waals surface area (Å²) in [5.74, 6) is 12.4. The van der Waals surface area contributed by atoms with Crippen molar-refractivity contribution in [1.29, 1.82) is 0 Å². The summed E-state index contributed by atoms with van der Waals surface area (Å²) in [5, 5.41) is 1.90. The van der Waals surface area contributed by atoms with Gasteiger partial charge in [0.25, 0.3) is 0 Å². The molecule has 2 aliphatic heterocycles. The summed E-state index contributed by atoms with van der Waals surface area (Å²) < 4.78 is 7.77. The summed E-state index contributed by atoms with van der Waals surface area (Å²) in [4.78, 5) is 3.35. The van der Waals surface area contributed by atoms with Gasteiger partial charge in [-0.15, -0.1) is 0 Å². The lowest BCUT2D eigenvalue weighted by atomic mass is 9.55. The predicted molar refractivity (Wildman–Crippen MR) is 222 cm³/mol. The maximum absolute atomic E-state index is 7.77. The first-order chi connectivity index (χ1) is 26.3. The molecule has 0 aromatic carbocycles. The molecule has 2 saturated heterocycles. The van der Waals surface area contributed by atoms with Gasteiger partial charge in [0.1, 0.15) is 0 Å². The van der Waals surface area contributed by atoms with Gasteiger partial charge in [0.2, 0.25) is 0 Å². The average Bonchev–Trinajstić information content (AvgIpc) is 3.81.